The average Bonchev–Trinajstić information content (AvgIpc) is 3.89. The molecule has 270 valence electrons. The van der Waals surface area contributed by atoms with Crippen molar-refractivity contribution < 1.29 is 24.1 Å². The fourth-order valence-corrected chi connectivity index (χ4v) is 6.31. The lowest BCUT2D eigenvalue weighted by molar-refractivity contribution is 0.0871. The molecule has 0 amide bonds. The van der Waals surface area contributed by atoms with Crippen molar-refractivity contribution in [3.8, 4) is 28.6 Å². The number of nitriles is 1. The quantitative estimate of drug-likeness (QED) is 0.0740. The van der Waals surface area contributed by atoms with Crippen molar-refractivity contribution in [1.82, 2.24) is 19.1 Å². The van der Waals surface area contributed by atoms with Gasteiger partial charge in [0.15, 0.2) is 6.29 Å². The highest BCUT2D eigenvalue weighted by Crippen LogP contribution is 2.28. The van der Waals surface area contributed by atoms with Gasteiger partial charge in [0.25, 0.3) is 0 Å². The summed E-state index contributed by atoms with van der Waals surface area (Å²) in [5.41, 5.74) is 4.66. The first-order valence-corrected chi connectivity index (χ1v) is 24.8. The van der Waals surface area contributed by atoms with Crippen LogP contribution in [0.3, 0.4) is 0 Å². The number of aldehydes is 1. The van der Waals surface area contributed by atoms with Crippen LogP contribution in [-0.2, 0) is 27.7 Å². The molecule has 1 N–H and O–H groups in total. The van der Waals surface area contributed by atoms with Gasteiger partial charge in [-0.15, -0.1) is 0 Å². The molecule has 1 fully saturated rings. The smallest absolute Gasteiger partial charge is 0.150 e. The second-order valence-corrected chi connectivity index (χ2v) is 26.0. The van der Waals surface area contributed by atoms with Crippen molar-refractivity contribution in [3.05, 3.63) is 84.7 Å². The Bertz CT molecular complexity index is 1610. The second-order valence-electron chi connectivity index (χ2n) is 14.7. The Morgan fingerprint density at radius 3 is 1.82 bits per heavy atom. The second kappa shape index (κ2) is 20.8. The Morgan fingerprint density at radius 2 is 1.34 bits per heavy atom. The molecule has 50 heavy (non-hydrogen) atoms. The number of carbonyl (C=O) groups excluding carboxylic acids is 1. The molecule has 3 heterocycles. The van der Waals surface area contributed by atoms with Gasteiger partial charge in [-0.3, -0.25) is 4.79 Å². The van der Waals surface area contributed by atoms with E-state index in [2.05, 4.69) is 49.3 Å². The number of aromatic nitrogens is 4. The van der Waals surface area contributed by atoms with Crippen LogP contribution < -0.4 is 0 Å². The van der Waals surface area contributed by atoms with Crippen molar-refractivity contribution in [2.75, 3.05) is 26.4 Å². The zero-order chi connectivity index (χ0) is 36.4. The van der Waals surface area contributed by atoms with Crippen molar-refractivity contribution in [1.29, 1.82) is 5.26 Å². The van der Waals surface area contributed by atoms with E-state index in [1.165, 1.54) is 12.8 Å². The van der Waals surface area contributed by atoms with E-state index in [-0.39, 0.29) is 6.42 Å². The monoisotopic (exact) mass is 717 g/mol. The Kier molecular flexibility index (Phi) is 17.0. The topological polar surface area (TPSA) is 124 Å². The van der Waals surface area contributed by atoms with Crippen LogP contribution in [0.25, 0.3) is 22.5 Å². The number of aliphatic hydroxyl groups excluding tert-OH is 1. The molecule has 10 nitrogen and oxygen atoms in total. The van der Waals surface area contributed by atoms with Gasteiger partial charge in [-0.1, -0.05) is 87.8 Å². The van der Waals surface area contributed by atoms with E-state index in [0.717, 1.165) is 72.9 Å². The lowest BCUT2D eigenvalue weighted by atomic mass is 9.99. The summed E-state index contributed by atoms with van der Waals surface area (Å²) < 4.78 is 20.2. The number of imidazole rings is 2. The van der Waals surface area contributed by atoms with Crippen molar-refractivity contribution in [3.63, 3.8) is 0 Å². The molecule has 1 aliphatic rings. The standard InChI is InChI=1S/C18H25N3O2Si.C16H22N2O2Si.C4H8O/c1-24(2,3)11-10-23-14-21-12-17(20-13-21)15-6-4-5-7-16(15)18(22)8-9-19;1-21(2,3)9-8-20-13-18-10-16(17-12-18)15-7-5-4-6-14(15)11-19;1-2-4-5-3-1/h4-7,12-13,18,22H,8,10-11,14H2,1-3H3;4-7,10-12H,8-9,13H2,1-3H3;1-4H2. The van der Waals surface area contributed by atoms with Crippen LogP contribution in [-0.4, -0.2) is 73.1 Å². The molecule has 4 aromatic rings. The molecule has 0 radical (unpaired) electrons. The number of aliphatic hydroxyl groups is 1. The van der Waals surface area contributed by atoms with Crippen molar-refractivity contribution in [2.45, 2.75) is 90.2 Å². The Hall–Kier alpha value is -3.71. The first-order chi connectivity index (χ1) is 23.9. The van der Waals surface area contributed by atoms with Crippen LogP contribution in [0, 0.1) is 11.3 Å². The van der Waals surface area contributed by atoms with Gasteiger partial charge in [0.2, 0.25) is 0 Å². The summed E-state index contributed by atoms with van der Waals surface area (Å²) >= 11 is 0. The average molecular weight is 718 g/mol. The lowest BCUT2D eigenvalue weighted by Gasteiger charge is -2.15. The summed E-state index contributed by atoms with van der Waals surface area (Å²) in [6, 6.07) is 19.3. The third-order valence-corrected chi connectivity index (χ3v) is 11.2. The van der Waals surface area contributed by atoms with Gasteiger partial charge in [-0.2, -0.15) is 5.26 Å². The Morgan fingerprint density at radius 1 is 0.840 bits per heavy atom. The minimum atomic E-state index is -1.07. The molecule has 2 aromatic heterocycles. The zero-order valence-corrected chi connectivity index (χ0v) is 32.7. The van der Waals surface area contributed by atoms with Gasteiger partial charge in [-0.05, 0) is 30.5 Å². The highest BCUT2D eigenvalue weighted by molar-refractivity contribution is 6.76. The number of hydrogen-bond acceptors (Lipinski definition) is 8. The molecule has 1 unspecified atom stereocenters. The van der Waals surface area contributed by atoms with Gasteiger partial charge >= 0.3 is 0 Å². The van der Waals surface area contributed by atoms with Crippen LogP contribution in [0.1, 0.15) is 41.3 Å². The molecule has 1 aliphatic heterocycles. The highest BCUT2D eigenvalue weighted by atomic mass is 28.3. The Labute approximate surface area is 300 Å². The molecule has 1 saturated heterocycles. The van der Waals surface area contributed by atoms with Crippen LogP contribution in [0.4, 0.5) is 0 Å². The molecule has 0 bridgehead atoms. The van der Waals surface area contributed by atoms with Crippen molar-refractivity contribution in [2.24, 2.45) is 0 Å². The number of benzene rings is 2. The van der Waals surface area contributed by atoms with Gasteiger partial charge in [0.1, 0.15) is 13.5 Å². The molecule has 0 aliphatic carbocycles. The largest absolute Gasteiger partial charge is 0.387 e. The number of ether oxygens (including phenoxy) is 3. The maximum atomic E-state index is 11.1. The number of hydrogen-bond donors (Lipinski definition) is 1. The van der Waals surface area contributed by atoms with Crippen LogP contribution in [0.5, 0.6) is 0 Å². The Balaban J connectivity index is 0.000000238. The molecule has 0 saturated carbocycles. The van der Waals surface area contributed by atoms with Gasteiger partial charge in [0, 0.05) is 71.7 Å². The fourth-order valence-electron chi connectivity index (χ4n) is 4.80. The maximum Gasteiger partial charge on any atom is 0.150 e. The molecular weight excluding hydrogens is 663 g/mol. The van der Waals surface area contributed by atoms with E-state index >= 15 is 0 Å². The first kappa shape index (κ1) is 40.7. The fraction of sp³-hybridized carbons (Fsp3) is 0.474. The molecule has 2 aromatic carbocycles. The zero-order valence-electron chi connectivity index (χ0n) is 30.7. The highest BCUT2D eigenvalue weighted by Gasteiger charge is 2.16. The summed E-state index contributed by atoms with van der Waals surface area (Å²) in [5.74, 6) is 0. The van der Waals surface area contributed by atoms with E-state index in [4.69, 9.17) is 19.5 Å². The molecule has 1 atom stereocenters. The number of nitrogens with zero attached hydrogens (tertiary/aromatic N) is 5. The predicted octanol–water partition coefficient (Wildman–Crippen LogP) is 8.28. The third kappa shape index (κ3) is 15.0. The summed E-state index contributed by atoms with van der Waals surface area (Å²) in [6.07, 6.45) is 9.98. The van der Waals surface area contributed by atoms with E-state index in [1.807, 2.05) is 70.1 Å². The van der Waals surface area contributed by atoms with E-state index in [0.29, 0.717) is 19.0 Å². The summed E-state index contributed by atoms with van der Waals surface area (Å²) in [7, 11) is -2.12. The van der Waals surface area contributed by atoms with E-state index < -0.39 is 22.3 Å². The lowest BCUT2D eigenvalue weighted by Crippen LogP contribution is -2.21. The van der Waals surface area contributed by atoms with Crippen molar-refractivity contribution >= 4 is 22.4 Å². The molecule has 0 spiro atoms. The summed E-state index contributed by atoms with van der Waals surface area (Å²) in [5, 5.41) is 18.9. The number of carbonyl (C=O) groups is 1. The van der Waals surface area contributed by atoms with Gasteiger partial charge in [-0.25, -0.2) is 9.97 Å². The number of rotatable bonds is 15. The summed E-state index contributed by atoms with van der Waals surface area (Å²) in [4.78, 5) is 19.8. The minimum absolute atomic E-state index is 0.0670. The normalized spacial score (nSPS) is 13.4. The van der Waals surface area contributed by atoms with Gasteiger partial charge in [0.05, 0.1) is 42.6 Å². The summed E-state index contributed by atoms with van der Waals surface area (Å²) in [6.45, 7) is 18.5. The predicted molar refractivity (Wildman–Crippen MR) is 204 cm³/mol. The minimum Gasteiger partial charge on any atom is -0.387 e. The molecule has 5 rings (SSSR count). The SMILES string of the molecule is C1CCOC1.C[Si](C)(C)CCOCn1cnc(-c2ccccc2C(O)CC#N)c1.C[Si](C)(C)CCOCn1cnc(-c2ccccc2C=O)c1. The van der Waals surface area contributed by atoms with E-state index in [1.54, 1.807) is 18.7 Å². The van der Waals surface area contributed by atoms with Gasteiger partial charge < -0.3 is 28.5 Å². The first-order valence-electron chi connectivity index (χ1n) is 17.4. The molecule has 12 heteroatoms. The third-order valence-electron chi connectivity index (χ3n) is 7.81. The molecular formula is C38H55N5O5Si2. The van der Waals surface area contributed by atoms with Crippen LogP contribution in [0.15, 0.2) is 73.6 Å². The maximum absolute atomic E-state index is 11.1. The van der Waals surface area contributed by atoms with E-state index in [9.17, 15) is 9.90 Å². The van der Waals surface area contributed by atoms with Crippen LogP contribution >= 0.6 is 0 Å². The van der Waals surface area contributed by atoms with Crippen LogP contribution in [0.2, 0.25) is 51.4 Å².